The van der Waals surface area contributed by atoms with Crippen molar-refractivity contribution in [1.29, 1.82) is 0 Å². The first-order valence-corrected chi connectivity index (χ1v) is 5.50. The summed E-state index contributed by atoms with van der Waals surface area (Å²) in [7, 11) is 0. The van der Waals surface area contributed by atoms with Crippen LogP contribution < -0.4 is 10.3 Å². The van der Waals surface area contributed by atoms with Crippen LogP contribution in [-0.4, -0.2) is 9.97 Å². The maximum absolute atomic E-state index is 11.0. The van der Waals surface area contributed by atoms with E-state index >= 15 is 0 Å². The van der Waals surface area contributed by atoms with Gasteiger partial charge in [-0.3, -0.25) is 4.79 Å². The van der Waals surface area contributed by atoms with E-state index < -0.39 is 0 Å². The third-order valence-corrected chi connectivity index (χ3v) is 2.57. The Morgan fingerprint density at radius 2 is 2.19 bits per heavy atom. The Labute approximate surface area is 104 Å². The van der Waals surface area contributed by atoms with Gasteiger partial charge in [0.1, 0.15) is 5.75 Å². The standard InChI is InChI=1S/C10H6BrClN2O2/c11-6-1-2-7(12)8(3-6)16-10-4-9(15)13-5-14-10/h1-5H,(H,13,14,15). The molecule has 0 atom stereocenters. The highest BCUT2D eigenvalue weighted by Crippen LogP contribution is 2.30. The maximum Gasteiger partial charge on any atom is 0.254 e. The van der Waals surface area contributed by atoms with E-state index in [0.29, 0.717) is 10.8 Å². The minimum Gasteiger partial charge on any atom is -0.437 e. The summed E-state index contributed by atoms with van der Waals surface area (Å²) in [6.45, 7) is 0. The number of ether oxygens (including phenoxy) is 1. The zero-order valence-corrected chi connectivity index (χ0v) is 10.2. The monoisotopic (exact) mass is 300 g/mol. The number of nitrogens with one attached hydrogen (secondary N) is 1. The Balaban J connectivity index is 2.33. The molecule has 0 amide bonds. The van der Waals surface area contributed by atoms with E-state index in [1.807, 2.05) is 0 Å². The van der Waals surface area contributed by atoms with Crippen LogP contribution in [0, 0.1) is 0 Å². The van der Waals surface area contributed by atoms with E-state index in [1.54, 1.807) is 18.2 Å². The fourth-order valence-electron chi connectivity index (χ4n) is 1.07. The summed E-state index contributed by atoms with van der Waals surface area (Å²) in [5, 5.41) is 0.449. The van der Waals surface area contributed by atoms with Gasteiger partial charge in [0.25, 0.3) is 5.56 Å². The summed E-state index contributed by atoms with van der Waals surface area (Å²) in [4.78, 5) is 17.3. The number of rotatable bonds is 2. The molecule has 0 saturated heterocycles. The SMILES string of the molecule is O=c1cc(Oc2cc(Br)ccc2Cl)nc[nH]1. The number of aromatic nitrogens is 2. The first kappa shape index (κ1) is 11.2. The molecule has 0 spiro atoms. The molecule has 0 bridgehead atoms. The highest BCUT2D eigenvalue weighted by Gasteiger charge is 2.05. The topological polar surface area (TPSA) is 55.0 Å². The van der Waals surface area contributed by atoms with Gasteiger partial charge in [0.2, 0.25) is 5.88 Å². The van der Waals surface area contributed by atoms with Crippen molar-refractivity contribution < 1.29 is 4.74 Å². The fourth-order valence-corrected chi connectivity index (χ4v) is 1.57. The quantitative estimate of drug-likeness (QED) is 0.928. The van der Waals surface area contributed by atoms with Gasteiger partial charge in [0, 0.05) is 4.47 Å². The van der Waals surface area contributed by atoms with Gasteiger partial charge in [-0.1, -0.05) is 27.5 Å². The first-order chi connectivity index (χ1) is 7.65. The molecular weight excluding hydrogens is 295 g/mol. The predicted octanol–water partition coefficient (Wildman–Crippen LogP) is 2.98. The molecule has 82 valence electrons. The third-order valence-electron chi connectivity index (χ3n) is 1.76. The van der Waals surface area contributed by atoms with Crippen LogP contribution in [-0.2, 0) is 0 Å². The summed E-state index contributed by atoms with van der Waals surface area (Å²) in [5.41, 5.74) is -0.281. The number of hydrogen-bond donors (Lipinski definition) is 1. The van der Waals surface area contributed by atoms with Crippen LogP contribution in [0.4, 0.5) is 0 Å². The molecular formula is C10H6BrClN2O2. The van der Waals surface area contributed by atoms with Crippen LogP contribution in [0.25, 0.3) is 0 Å². The van der Waals surface area contributed by atoms with E-state index in [1.165, 1.54) is 12.4 Å². The van der Waals surface area contributed by atoms with Crippen LogP contribution in [0.5, 0.6) is 11.6 Å². The van der Waals surface area contributed by atoms with Crippen molar-refractivity contribution in [2.24, 2.45) is 0 Å². The molecule has 16 heavy (non-hydrogen) atoms. The van der Waals surface area contributed by atoms with Gasteiger partial charge in [-0.25, -0.2) is 4.98 Å². The van der Waals surface area contributed by atoms with Gasteiger partial charge in [-0.2, -0.15) is 0 Å². The molecule has 0 fully saturated rings. The molecule has 2 aromatic rings. The lowest BCUT2D eigenvalue weighted by Gasteiger charge is -2.05. The van der Waals surface area contributed by atoms with Crippen molar-refractivity contribution in [1.82, 2.24) is 9.97 Å². The van der Waals surface area contributed by atoms with E-state index in [-0.39, 0.29) is 11.4 Å². The second-order valence-corrected chi connectivity index (χ2v) is 4.25. The molecule has 0 aliphatic carbocycles. The molecule has 1 heterocycles. The van der Waals surface area contributed by atoms with Crippen molar-refractivity contribution >= 4 is 27.5 Å². The Morgan fingerprint density at radius 1 is 1.38 bits per heavy atom. The zero-order valence-electron chi connectivity index (χ0n) is 7.91. The lowest BCUT2D eigenvalue weighted by molar-refractivity contribution is 0.460. The molecule has 0 radical (unpaired) electrons. The predicted molar refractivity (Wildman–Crippen MR) is 64.1 cm³/mol. The van der Waals surface area contributed by atoms with Crippen molar-refractivity contribution in [3.8, 4) is 11.6 Å². The van der Waals surface area contributed by atoms with E-state index in [2.05, 4.69) is 25.9 Å². The second-order valence-electron chi connectivity index (χ2n) is 2.93. The minimum atomic E-state index is -0.281. The van der Waals surface area contributed by atoms with Crippen LogP contribution in [0.2, 0.25) is 5.02 Å². The van der Waals surface area contributed by atoms with Crippen molar-refractivity contribution in [2.75, 3.05) is 0 Å². The Bertz CT molecular complexity index is 571. The average Bonchev–Trinajstić information content (AvgIpc) is 2.24. The van der Waals surface area contributed by atoms with Crippen LogP contribution in [0.15, 0.2) is 39.9 Å². The number of hydrogen-bond acceptors (Lipinski definition) is 3. The average molecular weight is 302 g/mol. The third kappa shape index (κ3) is 2.62. The number of halogens is 2. The number of aromatic amines is 1. The zero-order chi connectivity index (χ0) is 11.5. The largest absolute Gasteiger partial charge is 0.437 e. The van der Waals surface area contributed by atoms with Gasteiger partial charge in [0.15, 0.2) is 0 Å². The lowest BCUT2D eigenvalue weighted by Crippen LogP contribution is -2.04. The summed E-state index contributed by atoms with van der Waals surface area (Å²) in [6.07, 6.45) is 1.27. The van der Waals surface area contributed by atoms with Crippen LogP contribution >= 0.6 is 27.5 Å². The molecule has 0 saturated carbocycles. The summed E-state index contributed by atoms with van der Waals surface area (Å²) in [6, 6.07) is 6.43. The molecule has 1 N–H and O–H groups in total. The molecule has 2 rings (SSSR count). The summed E-state index contributed by atoms with van der Waals surface area (Å²) < 4.78 is 6.21. The Morgan fingerprint density at radius 3 is 2.94 bits per heavy atom. The molecule has 6 heteroatoms. The van der Waals surface area contributed by atoms with E-state index in [0.717, 1.165) is 4.47 Å². The Kier molecular flexibility index (Phi) is 3.26. The molecule has 4 nitrogen and oxygen atoms in total. The van der Waals surface area contributed by atoms with Gasteiger partial charge >= 0.3 is 0 Å². The maximum atomic E-state index is 11.0. The summed E-state index contributed by atoms with van der Waals surface area (Å²) >= 11 is 9.22. The molecule has 1 aromatic carbocycles. The van der Waals surface area contributed by atoms with Gasteiger partial charge in [-0.05, 0) is 18.2 Å². The normalized spacial score (nSPS) is 10.1. The first-order valence-electron chi connectivity index (χ1n) is 4.33. The van der Waals surface area contributed by atoms with E-state index in [9.17, 15) is 4.79 Å². The minimum absolute atomic E-state index is 0.198. The van der Waals surface area contributed by atoms with Crippen molar-refractivity contribution in [3.63, 3.8) is 0 Å². The molecule has 0 aliphatic heterocycles. The summed E-state index contributed by atoms with van der Waals surface area (Å²) in [5.74, 6) is 0.637. The highest BCUT2D eigenvalue weighted by atomic mass is 79.9. The molecule has 1 aromatic heterocycles. The fraction of sp³-hybridized carbons (Fsp3) is 0. The highest BCUT2D eigenvalue weighted by molar-refractivity contribution is 9.10. The van der Waals surface area contributed by atoms with Gasteiger partial charge in [0.05, 0.1) is 17.4 Å². The number of benzene rings is 1. The number of nitrogens with zero attached hydrogens (tertiary/aromatic N) is 1. The van der Waals surface area contributed by atoms with Gasteiger partial charge in [-0.15, -0.1) is 0 Å². The van der Waals surface area contributed by atoms with E-state index in [4.69, 9.17) is 16.3 Å². The smallest absolute Gasteiger partial charge is 0.254 e. The second kappa shape index (κ2) is 4.67. The van der Waals surface area contributed by atoms with Crippen LogP contribution in [0.1, 0.15) is 0 Å². The Hall–Kier alpha value is -1.33. The van der Waals surface area contributed by atoms with Crippen molar-refractivity contribution in [3.05, 3.63) is 50.4 Å². The van der Waals surface area contributed by atoms with Crippen molar-refractivity contribution in [2.45, 2.75) is 0 Å². The molecule has 0 aliphatic rings. The van der Waals surface area contributed by atoms with Crippen LogP contribution in [0.3, 0.4) is 0 Å². The van der Waals surface area contributed by atoms with Gasteiger partial charge < -0.3 is 9.72 Å². The lowest BCUT2D eigenvalue weighted by atomic mass is 10.3. The molecule has 0 unspecified atom stereocenters. The number of H-pyrrole nitrogens is 1.